The SMILES string of the molecule is O=c1ccc(-c2cccs2)nn1CC1(O)CCN(Cc2cccc(O)c2)CC1. The summed E-state index contributed by atoms with van der Waals surface area (Å²) < 4.78 is 1.39. The van der Waals surface area contributed by atoms with Crippen LogP contribution in [0, 0.1) is 0 Å². The number of aliphatic hydroxyl groups is 1. The Morgan fingerprint density at radius 2 is 1.93 bits per heavy atom. The number of aromatic hydroxyl groups is 1. The maximum Gasteiger partial charge on any atom is 0.266 e. The van der Waals surface area contributed by atoms with Gasteiger partial charge in [-0.05, 0) is 48.1 Å². The highest BCUT2D eigenvalue weighted by molar-refractivity contribution is 7.13. The minimum absolute atomic E-state index is 0.198. The molecular formula is C21H23N3O3S. The minimum atomic E-state index is -0.944. The zero-order valence-electron chi connectivity index (χ0n) is 15.5. The van der Waals surface area contributed by atoms with Crippen LogP contribution in [0.25, 0.3) is 10.6 Å². The first kappa shape index (κ1) is 18.9. The average molecular weight is 398 g/mol. The first-order valence-corrected chi connectivity index (χ1v) is 10.2. The van der Waals surface area contributed by atoms with Gasteiger partial charge in [0.25, 0.3) is 5.56 Å². The van der Waals surface area contributed by atoms with Gasteiger partial charge in [0.1, 0.15) is 11.4 Å². The topological polar surface area (TPSA) is 78.6 Å². The molecule has 0 bridgehead atoms. The highest BCUT2D eigenvalue weighted by Gasteiger charge is 2.33. The fourth-order valence-corrected chi connectivity index (χ4v) is 4.29. The van der Waals surface area contributed by atoms with Gasteiger partial charge in [-0.25, -0.2) is 4.68 Å². The number of phenols is 1. The van der Waals surface area contributed by atoms with Crippen LogP contribution >= 0.6 is 11.3 Å². The number of likely N-dealkylation sites (tertiary alicyclic amines) is 1. The maximum absolute atomic E-state index is 12.3. The number of piperidine rings is 1. The number of rotatable bonds is 5. The molecule has 3 heterocycles. The lowest BCUT2D eigenvalue weighted by Crippen LogP contribution is -2.48. The van der Waals surface area contributed by atoms with Gasteiger partial charge >= 0.3 is 0 Å². The Morgan fingerprint density at radius 1 is 1.11 bits per heavy atom. The number of hydrogen-bond donors (Lipinski definition) is 2. The largest absolute Gasteiger partial charge is 0.508 e. The number of benzene rings is 1. The van der Waals surface area contributed by atoms with E-state index in [1.165, 1.54) is 10.7 Å². The van der Waals surface area contributed by atoms with E-state index < -0.39 is 5.60 Å². The second-order valence-electron chi connectivity index (χ2n) is 7.36. The van der Waals surface area contributed by atoms with E-state index in [9.17, 15) is 15.0 Å². The molecule has 0 amide bonds. The highest BCUT2D eigenvalue weighted by Crippen LogP contribution is 2.26. The van der Waals surface area contributed by atoms with Gasteiger partial charge < -0.3 is 10.2 Å². The number of hydrogen-bond acceptors (Lipinski definition) is 6. The molecule has 2 N–H and O–H groups in total. The van der Waals surface area contributed by atoms with Crippen LogP contribution in [0.2, 0.25) is 0 Å². The quantitative estimate of drug-likeness (QED) is 0.692. The van der Waals surface area contributed by atoms with Gasteiger partial charge in [-0.2, -0.15) is 5.10 Å². The summed E-state index contributed by atoms with van der Waals surface area (Å²) in [5.41, 5.74) is 0.655. The third kappa shape index (κ3) is 4.32. The molecule has 1 saturated heterocycles. The molecule has 0 radical (unpaired) electrons. The molecule has 6 nitrogen and oxygen atoms in total. The van der Waals surface area contributed by atoms with Crippen molar-refractivity contribution in [2.75, 3.05) is 13.1 Å². The second kappa shape index (κ2) is 7.87. The van der Waals surface area contributed by atoms with Gasteiger partial charge in [-0.15, -0.1) is 11.3 Å². The predicted octanol–water partition coefficient (Wildman–Crippen LogP) is 2.70. The lowest BCUT2D eigenvalue weighted by atomic mass is 9.91. The molecule has 0 aliphatic carbocycles. The van der Waals surface area contributed by atoms with Crippen molar-refractivity contribution in [3.8, 4) is 16.3 Å². The first-order valence-electron chi connectivity index (χ1n) is 9.35. The molecule has 1 aliphatic rings. The van der Waals surface area contributed by atoms with E-state index in [1.54, 1.807) is 29.5 Å². The van der Waals surface area contributed by atoms with E-state index in [1.807, 2.05) is 29.6 Å². The van der Waals surface area contributed by atoms with Crippen molar-refractivity contribution in [2.24, 2.45) is 0 Å². The summed E-state index contributed by atoms with van der Waals surface area (Å²) in [6.07, 6.45) is 1.15. The zero-order valence-corrected chi connectivity index (χ0v) is 16.3. The van der Waals surface area contributed by atoms with Gasteiger partial charge in [-0.1, -0.05) is 18.2 Å². The number of nitrogens with zero attached hydrogens (tertiary/aromatic N) is 3. The Bertz CT molecular complexity index is 992. The first-order chi connectivity index (χ1) is 13.5. The Kier molecular flexibility index (Phi) is 5.30. The second-order valence-corrected chi connectivity index (χ2v) is 8.31. The van der Waals surface area contributed by atoms with Crippen molar-refractivity contribution < 1.29 is 10.2 Å². The third-order valence-electron chi connectivity index (χ3n) is 5.19. The number of phenolic OH excluding ortho intramolecular Hbond substituents is 1. The third-order valence-corrected chi connectivity index (χ3v) is 6.08. The van der Waals surface area contributed by atoms with E-state index in [0.29, 0.717) is 12.8 Å². The molecule has 3 aromatic rings. The van der Waals surface area contributed by atoms with E-state index in [4.69, 9.17) is 0 Å². The van der Waals surface area contributed by atoms with Crippen LogP contribution in [0.5, 0.6) is 5.75 Å². The van der Waals surface area contributed by atoms with Gasteiger partial charge in [0.15, 0.2) is 0 Å². The van der Waals surface area contributed by atoms with Crippen LogP contribution in [0.1, 0.15) is 18.4 Å². The van der Waals surface area contributed by atoms with E-state index >= 15 is 0 Å². The zero-order chi connectivity index (χ0) is 19.6. The fraction of sp³-hybridized carbons (Fsp3) is 0.333. The van der Waals surface area contributed by atoms with Crippen molar-refractivity contribution in [2.45, 2.75) is 31.5 Å². The smallest absolute Gasteiger partial charge is 0.266 e. The van der Waals surface area contributed by atoms with Crippen molar-refractivity contribution in [1.29, 1.82) is 0 Å². The summed E-state index contributed by atoms with van der Waals surface area (Å²) in [4.78, 5) is 15.5. The maximum atomic E-state index is 12.3. The van der Waals surface area contributed by atoms with E-state index in [-0.39, 0.29) is 17.9 Å². The lowest BCUT2D eigenvalue weighted by molar-refractivity contribution is -0.0389. The standard InChI is InChI=1S/C21H23N3O3S/c25-17-4-1-3-16(13-17)14-23-10-8-21(27,9-11-23)15-24-20(26)7-6-18(22-24)19-5-2-12-28-19/h1-7,12-13,25,27H,8-11,14-15H2. The van der Waals surface area contributed by atoms with Crippen molar-refractivity contribution in [1.82, 2.24) is 14.7 Å². The van der Waals surface area contributed by atoms with Crippen LogP contribution in [0.15, 0.2) is 58.7 Å². The molecule has 0 atom stereocenters. The molecule has 7 heteroatoms. The molecule has 1 fully saturated rings. The molecule has 2 aromatic heterocycles. The molecule has 146 valence electrons. The molecule has 1 aliphatic heterocycles. The predicted molar refractivity (Wildman–Crippen MR) is 109 cm³/mol. The summed E-state index contributed by atoms with van der Waals surface area (Å²) in [5.74, 6) is 0.266. The van der Waals surface area contributed by atoms with Crippen molar-refractivity contribution >= 4 is 11.3 Å². The molecule has 1 aromatic carbocycles. The summed E-state index contributed by atoms with van der Waals surface area (Å²) >= 11 is 1.57. The normalized spacial score (nSPS) is 16.9. The summed E-state index contributed by atoms with van der Waals surface area (Å²) in [7, 11) is 0. The van der Waals surface area contributed by atoms with Crippen LogP contribution in [0.4, 0.5) is 0 Å². The summed E-state index contributed by atoms with van der Waals surface area (Å²) in [5, 5.41) is 27.1. The lowest BCUT2D eigenvalue weighted by Gasteiger charge is -2.38. The van der Waals surface area contributed by atoms with Crippen LogP contribution < -0.4 is 5.56 Å². The molecular weight excluding hydrogens is 374 g/mol. The molecule has 28 heavy (non-hydrogen) atoms. The van der Waals surface area contributed by atoms with E-state index in [0.717, 1.165) is 35.8 Å². The van der Waals surface area contributed by atoms with Gasteiger partial charge in [-0.3, -0.25) is 9.69 Å². The Hall–Kier alpha value is -2.48. The van der Waals surface area contributed by atoms with Gasteiger partial charge in [0.05, 0.1) is 17.0 Å². The minimum Gasteiger partial charge on any atom is -0.508 e. The van der Waals surface area contributed by atoms with Crippen LogP contribution in [-0.4, -0.2) is 43.6 Å². The summed E-state index contributed by atoms with van der Waals surface area (Å²) in [6, 6.07) is 14.4. The molecule has 4 rings (SSSR count). The Labute approximate surface area is 167 Å². The average Bonchev–Trinajstić information content (AvgIpc) is 3.20. The highest BCUT2D eigenvalue weighted by atomic mass is 32.1. The van der Waals surface area contributed by atoms with E-state index in [2.05, 4.69) is 10.00 Å². The molecule has 0 unspecified atom stereocenters. The Morgan fingerprint density at radius 3 is 2.64 bits per heavy atom. The Balaban J connectivity index is 1.42. The number of thiophene rings is 1. The van der Waals surface area contributed by atoms with Crippen LogP contribution in [0.3, 0.4) is 0 Å². The fourth-order valence-electron chi connectivity index (χ4n) is 3.60. The molecule has 0 saturated carbocycles. The van der Waals surface area contributed by atoms with Crippen molar-refractivity contribution in [3.05, 3.63) is 69.8 Å². The monoisotopic (exact) mass is 397 g/mol. The van der Waals surface area contributed by atoms with Gasteiger partial charge in [0.2, 0.25) is 0 Å². The summed E-state index contributed by atoms with van der Waals surface area (Å²) in [6.45, 7) is 2.39. The molecule has 0 spiro atoms. The van der Waals surface area contributed by atoms with Crippen molar-refractivity contribution in [3.63, 3.8) is 0 Å². The number of aromatic nitrogens is 2. The van der Waals surface area contributed by atoms with Crippen LogP contribution in [-0.2, 0) is 13.1 Å². The van der Waals surface area contributed by atoms with Gasteiger partial charge in [0, 0.05) is 25.7 Å².